The summed E-state index contributed by atoms with van der Waals surface area (Å²) in [6, 6.07) is 4.40. The fourth-order valence-corrected chi connectivity index (χ4v) is 2.78. The van der Waals surface area contributed by atoms with Gasteiger partial charge in [-0.25, -0.2) is 9.97 Å². The molecular weight excluding hydrogens is 276 g/mol. The Balaban J connectivity index is 1.66. The lowest BCUT2D eigenvalue weighted by molar-refractivity contribution is 0.462. The van der Waals surface area contributed by atoms with Crippen molar-refractivity contribution in [3.8, 4) is 0 Å². The van der Waals surface area contributed by atoms with E-state index in [0.717, 1.165) is 11.4 Å². The minimum absolute atomic E-state index is 0.470. The first-order valence-electron chi connectivity index (χ1n) is 7.82. The van der Waals surface area contributed by atoms with Crippen LogP contribution in [0.1, 0.15) is 37.7 Å². The van der Waals surface area contributed by atoms with Crippen LogP contribution in [0.4, 0.5) is 17.3 Å². The van der Waals surface area contributed by atoms with E-state index in [0.29, 0.717) is 24.1 Å². The molecule has 1 fully saturated rings. The molecule has 0 aliphatic heterocycles. The van der Waals surface area contributed by atoms with Gasteiger partial charge in [-0.05, 0) is 24.5 Å². The van der Waals surface area contributed by atoms with E-state index in [9.17, 15) is 0 Å². The number of rotatable bonds is 5. The highest BCUT2D eigenvalue weighted by atomic mass is 15.1. The zero-order valence-corrected chi connectivity index (χ0v) is 12.6. The van der Waals surface area contributed by atoms with Crippen molar-refractivity contribution in [2.45, 2.75) is 44.7 Å². The minimum Gasteiger partial charge on any atom is -0.393 e. The molecule has 0 radical (unpaired) electrons. The third-order valence-corrected chi connectivity index (χ3v) is 4.01. The predicted octanol–water partition coefficient (Wildman–Crippen LogP) is 2.81. The number of nitrogens with zero attached hydrogens (tertiary/aromatic N) is 3. The minimum atomic E-state index is 0.470. The van der Waals surface area contributed by atoms with Crippen LogP contribution in [0.3, 0.4) is 0 Å². The van der Waals surface area contributed by atoms with Crippen LogP contribution in [0.2, 0.25) is 0 Å². The third-order valence-electron chi connectivity index (χ3n) is 4.01. The highest BCUT2D eigenvalue weighted by Gasteiger charge is 2.16. The van der Waals surface area contributed by atoms with Gasteiger partial charge in [0.1, 0.15) is 12.0 Å². The summed E-state index contributed by atoms with van der Waals surface area (Å²) in [6.07, 6.45) is 11.4. The molecule has 2 aromatic rings. The first-order valence-corrected chi connectivity index (χ1v) is 7.82. The SMILES string of the molecule is Nc1c(NCc2cccnc2)ncnc1NC1CCCCC1. The summed E-state index contributed by atoms with van der Waals surface area (Å²) in [4.78, 5) is 12.6. The van der Waals surface area contributed by atoms with Gasteiger partial charge in [0.05, 0.1) is 0 Å². The standard InChI is InChI=1S/C16H22N6/c17-14-15(19-10-12-5-4-8-18-9-12)20-11-21-16(14)22-13-6-2-1-3-7-13/h4-5,8-9,11,13H,1-3,6-7,10,17H2,(H2,19,20,21,22). The molecule has 0 amide bonds. The number of pyridine rings is 1. The van der Waals surface area contributed by atoms with Crippen molar-refractivity contribution < 1.29 is 0 Å². The zero-order chi connectivity index (χ0) is 15.2. The van der Waals surface area contributed by atoms with Crippen LogP contribution in [0.25, 0.3) is 0 Å². The molecule has 0 spiro atoms. The van der Waals surface area contributed by atoms with Crippen LogP contribution in [0.5, 0.6) is 0 Å². The largest absolute Gasteiger partial charge is 0.393 e. The molecule has 1 aliphatic carbocycles. The maximum atomic E-state index is 6.20. The van der Waals surface area contributed by atoms with E-state index in [1.165, 1.54) is 32.1 Å². The third kappa shape index (κ3) is 3.63. The lowest BCUT2D eigenvalue weighted by Crippen LogP contribution is -2.23. The molecule has 3 rings (SSSR count). The molecule has 0 bridgehead atoms. The summed E-state index contributed by atoms with van der Waals surface area (Å²) in [5, 5.41) is 6.71. The predicted molar refractivity (Wildman–Crippen MR) is 88.5 cm³/mol. The fraction of sp³-hybridized carbons (Fsp3) is 0.438. The van der Waals surface area contributed by atoms with E-state index in [1.54, 1.807) is 12.5 Å². The van der Waals surface area contributed by atoms with Gasteiger partial charge in [0.2, 0.25) is 0 Å². The van der Waals surface area contributed by atoms with E-state index >= 15 is 0 Å². The van der Waals surface area contributed by atoms with E-state index < -0.39 is 0 Å². The van der Waals surface area contributed by atoms with Gasteiger partial charge in [-0.15, -0.1) is 0 Å². The number of aromatic nitrogens is 3. The number of anilines is 3. The van der Waals surface area contributed by atoms with E-state index in [-0.39, 0.29) is 0 Å². The van der Waals surface area contributed by atoms with Crippen LogP contribution in [0, 0.1) is 0 Å². The van der Waals surface area contributed by atoms with E-state index in [4.69, 9.17) is 5.73 Å². The Bertz CT molecular complexity index is 595. The topological polar surface area (TPSA) is 88.8 Å². The Hall–Kier alpha value is -2.37. The fourth-order valence-electron chi connectivity index (χ4n) is 2.78. The number of hydrogen-bond acceptors (Lipinski definition) is 6. The molecule has 6 heteroatoms. The van der Waals surface area contributed by atoms with Gasteiger partial charge in [0.15, 0.2) is 11.6 Å². The van der Waals surface area contributed by atoms with Gasteiger partial charge >= 0.3 is 0 Å². The lowest BCUT2D eigenvalue weighted by atomic mass is 9.95. The van der Waals surface area contributed by atoms with Crippen molar-refractivity contribution >= 4 is 17.3 Å². The molecule has 4 N–H and O–H groups in total. The molecule has 116 valence electrons. The van der Waals surface area contributed by atoms with Crippen molar-refractivity contribution in [3.63, 3.8) is 0 Å². The summed E-state index contributed by atoms with van der Waals surface area (Å²) >= 11 is 0. The zero-order valence-electron chi connectivity index (χ0n) is 12.6. The molecular formula is C16H22N6. The maximum absolute atomic E-state index is 6.20. The average molecular weight is 298 g/mol. The highest BCUT2D eigenvalue weighted by molar-refractivity contribution is 5.74. The highest BCUT2D eigenvalue weighted by Crippen LogP contribution is 2.27. The van der Waals surface area contributed by atoms with Crippen LogP contribution < -0.4 is 16.4 Å². The van der Waals surface area contributed by atoms with Crippen molar-refractivity contribution in [1.29, 1.82) is 0 Å². The monoisotopic (exact) mass is 298 g/mol. The normalized spacial score (nSPS) is 15.5. The summed E-state index contributed by atoms with van der Waals surface area (Å²) in [7, 11) is 0. The van der Waals surface area contributed by atoms with Gasteiger partial charge in [-0.3, -0.25) is 4.98 Å². The number of nitrogens with one attached hydrogen (secondary N) is 2. The second kappa shape index (κ2) is 7.06. The van der Waals surface area contributed by atoms with Crippen LogP contribution in [-0.2, 0) is 6.54 Å². The van der Waals surface area contributed by atoms with Crippen molar-refractivity contribution in [2.24, 2.45) is 0 Å². The van der Waals surface area contributed by atoms with E-state index in [1.807, 2.05) is 18.3 Å². The molecule has 0 unspecified atom stereocenters. The Morgan fingerprint density at radius 2 is 1.95 bits per heavy atom. The Morgan fingerprint density at radius 1 is 1.14 bits per heavy atom. The van der Waals surface area contributed by atoms with Crippen molar-refractivity contribution in [1.82, 2.24) is 15.0 Å². The van der Waals surface area contributed by atoms with Crippen molar-refractivity contribution in [2.75, 3.05) is 16.4 Å². The van der Waals surface area contributed by atoms with Gasteiger partial charge < -0.3 is 16.4 Å². The number of nitrogens with two attached hydrogens (primary N) is 1. The quantitative estimate of drug-likeness (QED) is 0.786. The van der Waals surface area contributed by atoms with Crippen LogP contribution in [0.15, 0.2) is 30.9 Å². The molecule has 0 atom stereocenters. The van der Waals surface area contributed by atoms with Crippen LogP contribution >= 0.6 is 0 Å². The summed E-state index contributed by atoms with van der Waals surface area (Å²) in [5.41, 5.74) is 7.87. The molecule has 1 aliphatic rings. The first kappa shape index (κ1) is 14.6. The number of nitrogen functional groups attached to an aromatic ring is 1. The second-order valence-corrected chi connectivity index (χ2v) is 5.68. The molecule has 1 saturated carbocycles. The van der Waals surface area contributed by atoms with E-state index in [2.05, 4.69) is 25.6 Å². The van der Waals surface area contributed by atoms with Crippen molar-refractivity contribution in [3.05, 3.63) is 36.4 Å². The lowest BCUT2D eigenvalue weighted by Gasteiger charge is -2.24. The smallest absolute Gasteiger partial charge is 0.155 e. The first-order chi connectivity index (χ1) is 10.8. The summed E-state index contributed by atoms with van der Waals surface area (Å²) in [6.45, 7) is 0.637. The summed E-state index contributed by atoms with van der Waals surface area (Å²) < 4.78 is 0. The molecule has 22 heavy (non-hydrogen) atoms. The molecule has 0 saturated heterocycles. The Kier molecular flexibility index (Phi) is 4.68. The Morgan fingerprint density at radius 3 is 2.73 bits per heavy atom. The average Bonchev–Trinajstić information content (AvgIpc) is 2.58. The van der Waals surface area contributed by atoms with Gasteiger partial charge in [0.25, 0.3) is 0 Å². The van der Waals surface area contributed by atoms with Crippen LogP contribution in [-0.4, -0.2) is 21.0 Å². The van der Waals surface area contributed by atoms with Gasteiger partial charge in [-0.1, -0.05) is 25.3 Å². The number of hydrogen-bond donors (Lipinski definition) is 3. The molecule has 2 heterocycles. The van der Waals surface area contributed by atoms with Gasteiger partial charge in [-0.2, -0.15) is 0 Å². The molecule has 0 aromatic carbocycles. The second-order valence-electron chi connectivity index (χ2n) is 5.68. The Labute approximate surface area is 130 Å². The van der Waals surface area contributed by atoms with Gasteiger partial charge in [0, 0.05) is 25.0 Å². The maximum Gasteiger partial charge on any atom is 0.155 e. The summed E-state index contributed by atoms with van der Waals surface area (Å²) in [5.74, 6) is 1.40. The molecule has 2 aromatic heterocycles. The molecule has 6 nitrogen and oxygen atoms in total.